The molecule has 0 amide bonds. The van der Waals surface area contributed by atoms with Gasteiger partial charge in [0, 0.05) is 12.2 Å². The van der Waals surface area contributed by atoms with Gasteiger partial charge in [-0.3, -0.25) is 0 Å². The van der Waals surface area contributed by atoms with Crippen LogP contribution in [0, 0.1) is 0 Å². The van der Waals surface area contributed by atoms with Crippen LogP contribution in [0.5, 0.6) is 0 Å². The van der Waals surface area contributed by atoms with E-state index in [-0.39, 0.29) is 18.9 Å². The van der Waals surface area contributed by atoms with E-state index < -0.39 is 34.9 Å². The first kappa shape index (κ1) is 14.8. The smallest absolute Gasteiger partial charge is 0.748 e. The van der Waals surface area contributed by atoms with Crippen LogP contribution in [-0.4, -0.2) is 24.9 Å². The average molecular weight is 198 g/mol. The molecular formula is C4H6F3LiO3S. The second-order valence-electron chi connectivity index (χ2n) is 1.98. The Hall–Kier alpha value is 0.297. The van der Waals surface area contributed by atoms with Crippen LogP contribution < -0.4 is 18.9 Å². The largest absolute Gasteiger partial charge is 1.00 e. The monoisotopic (exact) mass is 198 g/mol. The minimum atomic E-state index is -4.50. The third-order valence-corrected chi connectivity index (χ3v) is 1.64. The zero-order valence-corrected chi connectivity index (χ0v) is 7.20. The summed E-state index contributed by atoms with van der Waals surface area (Å²) in [5, 5.41) is 0. The van der Waals surface area contributed by atoms with E-state index in [9.17, 15) is 26.1 Å². The fraction of sp³-hybridized carbons (Fsp3) is 1.00. The summed E-state index contributed by atoms with van der Waals surface area (Å²) in [5.41, 5.74) is 0. The molecule has 0 rings (SSSR count). The molecule has 0 N–H and O–H groups in total. The van der Waals surface area contributed by atoms with Crippen molar-refractivity contribution in [1.29, 1.82) is 0 Å². The Morgan fingerprint density at radius 1 is 1.25 bits per heavy atom. The van der Waals surface area contributed by atoms with Crippen molar-refractivity contribution in [2.45, 2.75) is 19.0 Å². The number of rotatable bonds is 3. The molecule has 8 heteroatoms. The van der Waals surface area contributed by atoms with Gasteiger partial charge in [0.25, 0.3) is 0 Å². The first-order chi connectivity index (χ1) is 4.71. The van der Waals surface area contributed by atoms with Gasteiger partial charge in [-0.25, -0.2) is 8.42 Å². The predicted octanol–water partition coefficient (Wildman–Crippen LogP) is -2.12. The fourth-order valence-electron chi connectivity index (χ4n) is 0.449. The summed E-state index contributed by atoms with van der Waals surface area (Å²) in [5.74, 6) is -0.952. The molecule has 0 atom stereocenters. The van der Waals surface area contributed by atoms with Gasteiger partial charge < -0.3 is 4.55 Å². The van der Waals surface area contributed by atoms with Crippen LogP contribution in [0.3, 0.4) is 0 Å². The molecule has 0 aromatic rings. The molecule has 0 radical (unpaired) electrons. The molecule has 0 fully saturated rings. The second kappa shape index (κ2) is 5.12. The zero-order chi connectivity index (χ0) is 9.12. The maximum Gasteiger partial charge on any atom is 1.00 e. The summed E-state index contributed by atoms with van der Waals surface area (Å²) in [7, 11) is -4.50. The summed E-state index contributed by atoms with van der Waals surface area (Å²) >= 11 is 0. The topological polar surface area (TPSA) is 57.2 Å². The van der Waals surface area contributed by atoms with E-state index in [0.29, 0.717) is 0 Å². The summed E-state index contributed by atoms with van der Waals surface area (Å²) in [6.07, 6.45) is -6.27. The number of alkyl halides is 3. The van der Waals surface area contributed by atoms with Gasteiger partial charge in [0.05, 0.1) is 10.1 Å². The number of halogens is 3. The van der Waals surface area contributed by atoms with Gasteiger partial charge in [-0.2, -0.15) is 13.2 Å². The van der Waals surface area contributed by atoms with E-state index in [4.69, 9.17) is 0 Å². The van der Waals surface area contributed by atoms with E-state index in [2.05, 4.69) is 0 Å². The molecule has 0 aliphatic rings. The van der Waals surface area contributed by atoms with Crippen molar-refractivity contribution in [1.82, 2.24) is 0 Å². The van der Waals surface area contributed by atoms with Crippen molar-refractivity contribution < 1.29 is 45.0 Å². The molecule has 0 spiro atoms. The van der Waals surface area contributed by atoms with Gasteiger partial charge in [0.2, 0.25) is 0 Å². The Bertz CT molecular complexity index is 210. The van der Waals surface area contributed by atoms with Crippen LogP contribution >= 0.6 is 0 Å². The fourth-order valence-corrected chi connectivity index (χ4v) is 0.947. The summed E-state index contributed by atoms with van der Waals surface area (Å²) in [6, 6.07) is 0. The van der Waals surface area contributed by atoms with Crippen molar-refractivity contribution in [2.24, 2.45) is 0 Å². The van der Waals surface area contributed by atoms with E-state index in [1.807, 2.05) is 0 Å². The molecule has 0 heterocycles. The molecule has 68 valence electrons. The molecule has 0 aliphatic carbocycles. The first-order valence-corrected chi connectivity index (χ1v) is 4.29. The molecule has 0 saturated carbocycles. The molecule has 0 aromatic carbocycles. The van der Waals surface area contributed by atoms with Crippen molar-refractivity contribution in [3.63, 3.8) is 0 Å². The standard InChI is InChI=1S/C4H7F3O3S.Li/c5-4(6,7)2-1-3-11(8,9)10;/h1-3H2,(H,8,9,10);/q;+1/p-1. The van der Waals surface area contributed by atoms with Crippen molar-refractivity contribution >= 4 is 10.1 Å². The van der Waals surface area contributed by atoms with Crippen LogP contribution in [0.25, 0.3) is 0 Å². The normalized spacial score (nSPS) is 12.3. The van der Waals surface area contributed by atoms with E-state index >= 15 is 0 Å². The third-order valence-electron chi connectivity index (χ3n) is 0.855. The quantitative estimate of drug-likeness (QED) is 0.384. The molecule has 0 unspecified atom stereocenters. The summed E-state index contributed by atoms with van der Waals surface area (Å²) in [4.78, 5) is 0. The predicted molar refractivity (Wildman–Crippen MR) is 29.9 cm³/mol. The molecule has 0 bridgehead atoms. The van der Waals surface area contributed by atoms with Gasteiger partial charge in [-0.05, 0) is 6.42 Å². The van der Waals surface area contributed by atoms with Crippen LogP contribution in [0.1, 0.15) is 12.8 Å². The van der Waals surface area contributed by atoms with E-state index in [1.165, 1.54) is 0 Å². The number of hydrogen-bond acceptors (Lipinski definition) is 3. The second-order valence-corrected chi connectivity index (χ2v) is 3.50. The van der Waals surface area contributed by atoms with Gasteiger partial charge >= 0.3 is 25.0 Å². The van der Waals surface area contributed by atoms with Crippen molar-refractivity contribution in [3.8, 4) is 0 Å². The molecule has 0 aromatic heterocycles. The zero-order valence-electron chi connectivity index (χ0n) is 6.39. The van der Waals surface area contributed by atoms with Crippen LogP contribution in [0.4, 0.5) is 13.2 Å². The van der Waals surface area contributed by atoms with E-state index in [0.717, 1.165) is 0 Å². The Morgan fingerprint density at radius 3 is 1.92 bits per heavy atom. The van der Waals surface area contributed by atoms with Crippen molar-refractivity contribution in [3.05, 3.63) is 0 Å². The Labute approximate surface area is 80.3 Å². The maximum absolute atomic E-state index is 11.3. The first-order valence-electron chi connectivity index (χ1n) is 2.71. The van der Waals surface area contributed by atoms with Crippen LogP contribution in [-0.2, 0) is 10.1 Å². The van der Waals surface area contributed by atoms with Gasteiger partial charge in [-0.1, -0.05) is 0 Å². The molecule has 12 heavy (non-hydrogen) atoms. The van der Waals surface area contributed by atoms with Gasteiger partial charge in [0.1, 0.15) is 0 Å². The molecule has 3 nitrogen and oxygen atoms in total. The molecule has 0 aliphatic heterocycles. The minimum absolute atomic E-state index is 0. The summed E-state index contributed by atoms with van der Waals surface area (Å²) in [6.45, 7) is 0. The number of hydrogen-bond donors (Lipinski definition) is 0. The van der Waals surface area contributed by atoms with Crippen molar-refractivity contribution in [2.75, 3.05) is 5.75 Å². The van der Waals surface area contributed by atoms with Crippen LogP contribution in [0.15, 0.2) is 0 Å². The molecular weight excluding hydrogens is 192 g/mol. The third kappa shape index (κ3) is 12.9. The Morgan fingerprint density at radius 2 is 1.67 bits per heavy atom. The van der Waals surface area contributed by atoms with Gasteiger partial charge in [0.15, 0.2) is 0 Å². The molecule has 0 saturated heterocycles. The van der Waals surface area contributed by atoms with Crippen LogP contribution in [0.2, 0.25) is 0 Å². The van der Waals surface area contributed by atoms with E-state index in [1.54, 1.807) is 0 Å². The Kier molecular flexibility index (Phi) is 6.31. The van der Waals surface area contributed by atoms with Gasteiger partial charge in [-0.15, -0.1) is 0 Å². The maximum atomic E-state index is 11.3. The average Bonchev–Trinajstić information content (AvgIpc) is 1.55. The Balaban J connectivity index is 0. The summed E-state index contributed by atoms with van der Waals surface area (Å²) < 4.78 is 63.4. The minimum Gasteiger partial charge on any atom is -0.748 e. The SMILES string of the molecule is O=S(=O)([O-])CCCC(F)(F)F.[Li+].